The molecule has 1 aromatic carbocycles. The molecular weight excluding hydrogens is 201 g/mol. The van der Waals surface area contributed by atoms with Gasteiger partial charge < -0.3 is 4.57 Å². The molecule has 0 fully saturated rings. The van der Waals surface area contributed by atoms with Crippen LogP contribution < -0.4 is 10.7 Å². The number of hydrogen-bond acceptors (Lipinski definition) is 0. The van der Waals surface area contributed by atoms with Gasteiger partial charge in [-0.3, -0.25) is 0 Å². The first kappa shape index (κ1) is 10.7. The molecule has 0 spiro atoms. The third-order valence-electron chi connectivity index (χ3n) is 2.74. The van der Waals surface area contributed by atoms with Gasteiger partial charge in [-0.2, -0.15) is 0 Å². The fourth-order valence-electron chi connectivity index (χ4n) is 1.68. The standard InChI is InChI=1S/C14H14FN/c1-10-4-7-13(8-14(10)15)9-16-11(2)5-6-12(16)3/h4-8H,2-3,9H2,1H3. The molecule has 2 heteroatoms. The van der Waals surface area contributed by atoms with Crippen molar-refractivity contribution in [2.45, 2.75) is 13.5 Å². The summed E-state index contributed by atoms with van der Waals surface area (Å²) in [5.74, 6) is -0.166. The van der Waals surface area contributed by atoms with Crippen LogP contribution in [0.5, 0.6) is 0 Å². The summed E-state index contributed by atoms with van der Waals surface area (Å²) in [5, 5.41) is 1.79. The second kappa shape index (κ2) is 3.97. The number of nitrogens with zero attached hydrogens (tertiary/aromatic N) is 1. The van der Waals surface area contributed by atoms with E-state index < -0.39 is 0 Å². The zero-order valence-electron chi connectivity index (χ0n) is 9.33. The Balaban J connectivity index is 2.38. The number of aromatic nitrogens is 1. The normalized spacial score (nSPS) is 10.6. The first-order valence-corrected chi connectivity index (χ1v) is 5.16. The molecule has 82 valence electrons. The Morgan fingerprint density at radius 2 is 1.75 bits per heavy atom. The van der Waals surface area contributed by atoms with Crippen LogP contribution in [-0.2, 0) is 6.54 Å². The van der Waals surface area contributed by atoms with Crippen LogP contribution in [0.3, 0.4) is 0 Å². The smallest absolute Gasteiger partial charge is 0.126 e. The maximum Gasteiger partial charge on any atom is 0.126 e. The van der Waals surface area contributed by atoms with Crippen LogP contribution in [0.2, 0.25) is 0 Å². The molecule has 0 saturated heterocycles. The second-order valence-electron chi connectivity index (χ2n) is 3.99. The molecule has 1 heterocycles. The molecule has 0 aliphatic carbocycles. The minimum atomic E-state index is -0.166. The van der Waals surface area contributed by atoms with Gasteiger partial charge in [-0.05, 0) is 36.2 Å². The number of aryl methyl sites for hydroxylation is 1. The quantitative estimate of drug-likeness (QED) is 0.720. The van der Waals surface area contributed by atoms with E-state index in [1.807, 2.05) is 22.8 Å². The predicted octanol–water partition coefficient (Wildman–Crippen LogP) is 1.80. The van der Waals surface area contributed by atoms with E-state index in [9.17, 15) is 4.39 Å². The minimum absolute atomic E-state index is 0.166. The molecular formula is C14H14FN. The molecule has 16 heavy (non-hydrogen) atoms. The minimum Gasteiger partial charge on any atom is -0.338 e. The zero-order chi connectivity index (χ0) is 11.7. The van der Waals surface area contributed by atoms with E-state index in [1.165, 1.54) is 0 Å². The van der Waals surface area contributed by atoms with Crippen molar-refractivity contribution < 1.29 is 4.39 Å². The van der Waals surface area contributed by atoms with Crippen molar-refractivity contribution in [2.75, 3.05) is 0 Å². The lowest BCUT2D eigenvalue weighted by Crippen LogP contribution is -2.25. The van der Waals surface area contributed by atoms with Crippen molar-refractivity contribution in [3.63, 3.8) is 0 Å². The monoisotopic (exact) mass is 215 g/mol. The maximum atomic E-state index is 13.4. The van der Waals surface area contributed by atoms with E-state index in [-0.39, 0.29) is 5.82 Å². The highest BCUT2D eigenvalue weighted by Gasteiger charge is 2.01. The van der Waals surface area contributed by atoms with Gasteiger partial charge in [0.2, 0.25) is 0 Å². The van der Waals surface area contributed by atoms with E-state index in [1.54, 1.807) is 19.1 Å². The molecule has 0 aliphatic rings. The maximum absolute atomic E-state index is 13.4. The average Bonchev–Trinajstić information content (AvgIpc) is 2.55. The van der Waals surface area contributed by atoms with Gasteiger partial charge in [0.1, 0.15) is 5.82 Å². The Morgan fingerprint density at radius 3 is 2.31 bits per heavy atom. The van der Waals surface area contributed by atoms with Crippen LogP contribution in [0.1, 0.15) is 11.1 Å². The zero-order valence-corrected chi connectivity index (χ0v) is 9.33. The van der Waals surface area contributed by atoms with Crippen molar-refractivity contribution in [1.29, 1.82) is 0 Å². The lowest BCUT2D eigenvalue weighted by atomic mass is 10.1. The summed E-state index contributed by atoms with van der Waals surface area (Å²) in [5.41, 5.74) is 1.59. The van der Waals surface area contributed by atoms with Crippen LogP contribution in [-0.4, -0.2) is 4.57 Å². The highest BCUT2D eigenvalue weighted by molar-refractivity contribution is 5.24. The number of halogens is 1. The van der Waals surface area contributed by atoms with Crippen molar-refractivity contribution >= 4 is 13.2 Å². The third kappa shape index (κ3) is 1.91. The molecule has 0 radical (unpaired) electrons. The van der Waals surface area contributed by atoms with Gasteiger partial charge in [0.05, 0.1) is 0 Å². The molecule has 0 bridgehead atoms. The lowest BCUT2D eigenvalue weighted by molar-refractivity contribution is 0.613. The number of hydrogen-bond donors (Lipinski definition) is 0. The van der Waals surface area contributed by atoms with Crippen molar-refractivity contribution in [2.24, 2.45) is 0 Å². The van der Waals surface area contributed by atoms with E-state index >= 15 is 0 Å². The van der Waals surface area contributed by atoms with E-state index in [0.717, 1.165) is 16.3 Å². The molecule has 1 aromatic heterocycles. The Labute approximate surface area is 94.2 Å². The molecule has 0 aliphatic heterocycles. The topological polar surface area (TPSA) is 4.93 Å². The van der Waals surface area contributed by atoms with Crippen LogP contribution in [0.4, 0.5) is 4.39 Å². The lowest BCUT2D eigenvalue weighted by Gasteiger charge is -2.06. The Kier molecular flexibility index (Phi) is 2.65. The molecule has 1 nitrogen and oxygen atoms in total. The summed E-state index contributed by atoms with van der Waals surface area (Å²) in [7, 11) is 0. The van der Waals surface area contributed by atoms with E-state index in [0.29, 0.717) is 12.1 Å². The average molecular weight is 215 g/mol. The Bertz CT molecular complexity index is 583. The largest absolute Gasteiger partial charge is 0.338 e. The van der Waals surface area contributed by atoms with Crippen molar-refractivity contribution in [3.05, 3.63) is 58.0 Å². The molecule has 0 saturated carbocycles. The fourth-order valence-corrected chi connectivity index (χ4v) is 1.68. The van der Waals surface area contributed by atoms with Crippen LogP contribution >= 0.6 is 0 Å². The molecule has 0 atom stereocenters. The molecule has 2 aromatic rings. The Hall–Kier alpha value is -1.83. The van der Waals surface area contributed by atoms with Crippen LogP contribution in [0.15, 0.2) is 30.3 Å². The first-order valence-electron chi connectivity index (χ1n) is 5.16. The summed E-state index contributed by atoms with van der Waals surface area (Å²) in [6.45, 7) is 10.2. The molecule has 0 unspecified atom stereocenters. The molecule has 0 N–H and O–H groups in total. The summed E-state index contributed by atoms with van der Waals surface area (Å²) in [6.07, 6.45) is 0. The highest BCUT2D eigenvalue weighted by Crippen LogP contribution is 2.09. The van der Waals surface area contributed by atoms with Gasteiger partial charge in [-0.15, -0.1) is 0 Å². The summed E-state index contributed by atoms with van der Waals surface area (Å²) in [6, 6.07) is 9.10. The van der Waals surface area contributed by atoms with Crippen molar-refractivity contribution in [3.8, 4) is 0 Å². The van der Waals surface area contributed by atoms with Gasteiger partial charge in [-0.25, -0.2) is 4.39 Å². The summed E-state index contributed by atoms with van der Waals surface area (Å²) < 4.78 is 15.3. The van der Waals surface area contributed by atoms with Gasteiger partial charge in [-0.1, -0.05) is 25.3 Å². The Morgan fingerprint density at radius 1 is 1.12 bits per heavy atom. The molecule has 2 rings (SSSR count). The van der Waals surface area contributed by atoms with Gasteiger partial charge in [0.15, 0.2) is 0 Å². The fraction of sp³-hybridized carbons (Fsp3) is 0.143. The third-order valence-corrected chi connectivity index (χ3v) is 2.74. The van der Waals surface area contributed by atoms with Gasteiger partial charge >= 0.3 is 0 Å². The van der Waals surface area contributed by atoms with Gasteiger partial charge in [0.25, 0.3) is 0 Å². The first-order chi connectivity index (χ1) is 7.58. The second-order valence-corrected chi connectivity index (χ2v) is 3.99. The van der Waals surface area contributed by atoms with Crippen LogP contribution in [0.25, 0.3) is 13.2 Å². The van der Waals surface area contributed by atoms with E-state index in [2.05, 4.69) is 13.2 Å². The number of rotatable bonds is 2. The summed E-state index contributed by atoms with van der Waals surface area (Å²) >= 11 is 0. The van der Waals surface area contributed by atoms with Gasteiger partial charge in [0, 0.05) is 17.2 Å². The highest BCUT2D eigenvalue weighted by atomic mass is 19.1. The van der Waals surface area contributed by atoms with Crippen LogP contribution in [0, 0.1) is 12.7 Å². The predicted molar refractivity (Wildman–Crippen MR) is 65.0 cm³/mol. The summed E-state index contributed by atoms with van der Waals surface area (Å²) in [4.78, 5) is 0. The van der Waals surface area contributed by atoms with E-state index in [4.69, 9.17) is 0 Å². The number of benzene rings is 1. The molecule has 0 amide bonds. The van der Waals surface area contributed by atoms with Crippen molar-refractivity contribution in [1.82, 2.24) is 4.57 Å². The SMILES string of the molecule is C=c1ccc(=C)n1Cc1ccc(C)c(F)c1.